The smallest absolute Gasteiger partial charge is 0.200 e. The fraction of sp³-hybridized carbons (Fsp3) is 1.00. The molecule has 0 amide bonds. The van der Waals surface area contributed by atoms with Crippen molar-refractivity contribution in [3.8, 4) is 0 Å². The minimum atomic E-state index is -1.36. The Morgan fingerprint density at radius 1 is 1.86 bits per heavy atom. The second-order valence-corrected chi connectivity index (χ2v) is 2.79. The van der Waals surface area contributed by atoms with Crippen LogP contribution in [0.2, 0.25) is 0 Å². The Labute approximate surface area is 43.1 Å². The summed E-state index contributed by atoms with van der Waals surface area (Å²) in [6, 6.07) is 0. The minimum absolute atomic E-state index is 0.00656. The lowest BCUT2D eigenvalue weighted by atomic mass is 10.8. The molecule has 0 spiro atoms. The van der Waals surface area contributed by atoms with Gasteiger partial charge in [-0.1, -0.05) is 0 Å². The molecule has 0 aliphatic carbocycles. The lowest BCUT2D eigenvalue weighted by Gasteiger charge is -1.85. The van der Waals surface area contributed by atoms with E-state index in [1.807, 2.05) is 0 Å². The molecule has 4 heteroatoms. The van der Waals surface area contributed by atoms with Crippen molar-refractivity contribution >= 4 is 10.8 Å². The molecule has 42 valence electrons. The van der Waals surface area contributed by atoms with E-state index in [1.54, 1.807) is 0 Å². The molecule has 0 N–H and O–H groups in total. The lowest BCUT2D eigenvalue weighted by Crippen LogP contribution is -2.02. The molecule has 2 atom stereocenters. The summed E-state index contributed by atoms with van der Waals surface area (Å²) >= 11 is 0. The number of halogens is 1. The lowest BCUT2D eigenvalue weighted by molar-refractivity contribution is 0.174. The average molecular weight is 124 g/mol. The molecule has 1 rings (SSSR count). The van der Waals surface area contributed by atoms with Crippen LogP contribution < -0.4 is 0 Å². The average Bonchev–Trinajstić information content (AvgIpc) is 1.91. The number of ether oxygens (including phenoxy) is 1. The Hall–Kier alpha value is 0.0400. The zero-order chi connectivity index (χ0) is 5.28. The summed E-state index contributed by atoms with van der Waals surface area (Å²) in [6.07, 6.45) is 0. The molecule has 1 fully saturated rings. The van der Waals surface area contributed by atoms with E-state index in [1.165, 1.54) is 0 Å². The number of hydrogen-bond donors (Lipinski definition) is 0. The first-order valence-corrected chi connectivity index (χ1v) is 3.28. The first-order valence-electron chi connectivity index (χ1n) is 1.89. The van der Waals surface area contributed by atoms with Crippen molar-refractivity contribution in [2.45, 2.75) is 5.50 Å². The van der Waals surface area contributed by atoms with E-state index >= 15 is 0 Å². The summed E-state index contributed by atoms with van der Waals surface area (Å²) in [5.41, 5.74) is -1.24. The molecule has 0 aromatic carbocycles. The second kappa shape index (κ2) is 1.88. The fourth-order valence-electron chi connectivity index (χ4n) is 0.373. The standard InChI is InChI=1S/C3H5FO2S/c4-3-1-6-2-7(3)5/h3H,1-2H2/t3-,7?/m1/s1. The quantitative estimate of drug-likeness (QED) is 0.455. The highest BCUT2D eigenvalue weighted by molar-refractivity contribution is 7.85. The van der Waals surface area contributed by atoms with E-state index in [4.69, 9.17) is 0 Å². The molecule has 1 heterocycles. The summed E-state index contributed by atoms with van der Waals surface area (Å²) in [4.78, 5) is 0. The summed E-state index contributed by atoms with van der Waals surface area (Å²) in [5.74, 6) is 0.0706. The van der Waals surface area contributed by atoms with E-state index < -0.39 is 16.3 Å². The van der Waals surface area contributed by atoms with Crippen molar-refractivity contribution in [3.05, 3.63) is 0 Å². The van der Waals surface area contributed by atoms with Gasteiger partial charge in [0.05, 0.1) is 17.4 Å². The van der Waals surface area contributed by atoms with Gasteiger partial charge in [0, 0.05) is 0 Å². The van der Waals surface area contributed by atoms with Crippen LogP contribution in [0.4, 0.5) is 4.39 Å². The van der Waals surface area contributed by atoms with Crippen molar-refractivity contribution < 1.29 is 13.3 Å². The van der Waals surface area contributed by atoms with Crippen LogP contribution in [0.1, 0.15) is 0 Å². The molecule has 0 aromatic heterocycles. The largest absolute Gasteiger partial charge is 0.364 e. The van der Waals surface area contributed by atoms with Crippen LogP contribution in [0.3, 0.4) is 0 Å². The molecule has 0 radical (unpaired) electrons. The van der Waals surface area contributed by atoms with Gasteiger partial charge < -0.3 is 4.74 Å². The van der Waals surface area contributed by atoms with Crippen LogP contribution in [0.25, 0.3) is 0 Å². The molecule has 2 nitrogen and oxygen atoms in total. The molecular weight excluding hydrogens is 119 g/mol. The van der Waals surface area contributed by atoms with Gasteiger partial charge in [-0.25, -0.2) is 4.39 Å². The van der Waals surface area contributed by atoms with Gasteiger partial charge >= 0.3 is 0 Å². The van der Waals surface area contributed by atoms with Gasteiger partial charge in [0.15, 0.2) is 5.50 Å². The molecule has 1 aliphatic heterocycles. The van der Waals surface area contributed by atoms with Gasteiger partial charge in [0.1, 0.15) is 5.94 Å². The molecule has 1 saturated heterocycles. The number of alkyl halides is 1. The Kier molecular flexibility index (Phi) is 1.39. The van der Waals surface area contributed by atoms with Gasteiger partial charge in [-0.3, -0.25) is 4.21 Å². The SMILES string of the molecule is O=S1COC[C@@H]1F. The Morgan fingerprint density at radius 3 is 2.71 bits per heavy atom. The van der Waals surface area contributed by atoms with Gasteiger partial charge in [-0.2, -0.15) is 0 Å². The van der Waals surface area contributed by atoms with Crippen LogP contribution in [0, 0.1) is 0 Å². The predicted octanol–water partition coefficient (Wildman–Crippen LogP) is 0.0184. The second-order valence-electron chi connectivity index (χ2n) is 1.28. The number of hydrogen-bond acceptors (Lipinski definition) is 2. The van der Waals surface area contributed by atoms with Gasteiger partial charge in [-0.15, -0.1) is 0 Å². The predicted molar refractivity (Wildman–Crippen MR) is 23.9 cm³/mol. The van der Waals surface area contributed by atoms with E-state index in [9.17, 15) is 8.60 Å². The van der Waals surface area contributed by atoms with Crippen molar-refractivity contribution in [2.75, 3.05) is 12.5 Å². The highest BCUT2D eigenvalue weighted by Gasteiger charge is 2.21. The summed E-state index contributed by atoms with van der Waals surface area (Å²) in [7, 11) is -1.36. The van der Waals surface area contributed by atoms with Crippen molar-refractivity contribution in [2.24, 2.45) is 0 Å². The van der Waals surface area contributed by atoms with Gasteiger partial charge in [0.25, 0.3) is 0 Å². The fourth-order valence-corrected chi connectivity index (χ4v) is 1.03. The first kappa shape index (κ1) is 5.18. The summed E-state index contributed by atoms with van der Waals surface area (Å²) < 4.78 is 26.6. The van der Waals surface area contributed by atoms with E-state index in [-0.39, 0.29) is 12.5 Å². The normalized spacial score (nSPS) is 41.9. The summed E-state index contributed by atoms with van der Waals surface area (Å²) in [5, 5.41) is 0. The van der Waals surface area contributed by atoms with Gasteiger partial charge in [-0.05, 0) is 0 Å². The van der Waals surface area contributed by atoms with Crippen LogP contribution in [-0.2, 0) is 15.5 Å². The molecule has 7 heavy (non-hydrogen) atoms. The van der Waals surface area contributed by atoms with Crippen LogP contribution in [-0.4, -0.2) is 22.3 Å². The molecule has 0 aromatic rings. The highest BCUT2D eigenvalue weighted by atomic mass is 32.2. The van der Waals surface area contributed by atoms with Gasteiger partial charge in [0.2, 0.25) is 0 Å². The maximum atomic E-state index is 11.9. The molecule has 0 saturated carbocycles. The van der Waals surface area contributed by atoms with E-state index in [2.05, 4.69) is 4.74 Å². The zero-order valence-corrected chi connectivity index (χ0v) is 4.41. The van der Waals surface area contributed by atoms with E-state index in [0.717, 1.165) is 0 Å². The maximum Gasteiger partial charge on any atom is 0.200 e. The Bertz CT molecular complexity index is 94.9. The third-order valence-corrected chi connectivity index (χ3v) is 1.84. The Balaban J connectivity index is 2.48. The first-order chi connectivity index (χ1) is 3.30. The molecule has 0 bridgehead atoms. The van der Waals surface area contributed by atoms with Crippen molar-refractivity contribution in [3.63, 3.8) is 0 Å². The number of rotatable bonds is 0. The maximum absolute atomic E-state index is 11.9. The van der Waals surface area contributed by atoms with Crippen molar-refractivity contribution in [1.82, 2.24) is 0 Å². The third kappa shape index (κ3) is 0.978. The third-order valence-electron chi connectivity index (χ3n) is 0.734. The zero-order valence-electron chi connectivity index (χ0n) is 3.59. The molecule has 1 aliphatic rings. The monoisotopic (exact) mass is 124 g/mol. The van der Waals surface area contributed by atoms with Crippen LogP contribution >= 0.6 is 0 Å². The minimum Gasteiger partial charge on any atom is -0.364 e. The van der Waals surface area contributed by atoms with Crippen LogP contribution in [0.15, 0.2) is 0 Å². The summed E-state index contributed by atoms with van der Waals surface area (Å²) in [6.45, 7) is 0.00656. The Morgan fingerprint density at radius 2 is 2.57 bits per heavy atom. The molecular formula is C3H5FO2S. The van der Waals surface area contributed by atoms with Crippen molar-refractivity contribution in [1.29, 1.82) is 0 Å². The van der Waals surface area contributed by atoms with E-state index in [0.29, 0.717) is 0 Å². The van der Waals surface area contributed by atoms with Crippen LogP contribution in [0.5, 0.6) is 0 Å². The molecule has 1 unspecified atom stereocenters. The topological polar surface area (TPSA) is 26.3 Å². The highest BCUT2D eigenvalue weighted by Crippen LogP contribution is 2.07.